The molecule has 3 amide bonds. The van der Waals surface area contributed by atoms with Crippen LogP contribution in [0.25, 0.3) is 0 Å². The zero-order chi connectivity index (χ0) is 19.1. The molecule has 5 atom stereocenters. The van der Waals surface area contributed by atoms with E-state index < -0.39 is 6.04 Å². The van der Waals surface area contributed by atoms with Gasteiger partial charge in [-0.3, -0.25) is 19.3 Å². The van der Waals surface area contributed by atoms with E-state index in [-0.39, 0.29) is 41.4 Å². The van der Waals surface area contributed by atoms with Gasteiger partial charge < -0.3 is 10.1 Å². The minimum absolute atomic E-state index is 0.122. The number of rotatable bonds is 5. The number of nitrogens with one attached hydrogen (secondary N) is 1. The highest BCUT2D eigenvalue weighted by Crippen LogP contribution is 2.50. The second-order valence-electron chi connectivity index (χ2n) is 7.50. The smallest absolute Gasteiger partial charge is 0.247 e. The van der Waals surface area contributed by atoms with Crippen LogP contribution in [0.5, 0.6) is 5.75 Å². The number of carbonyl (C=O) groups is 3. The maximum Gasteiger partial charge on any atom is 0.247 e. The molecule has 0 radical (unpaired) electrons. The van der Waals surface area contributed by atoms with Gasteiger partial charge >= 0.3 is 0 Å². The summed E-state index contributed by atoms with van der Waals surface area (Å²) in [5.74, 6) is -0.549. The van der Waals surface area contributed by atoms with E-state index in [4.69, 9.17) is 4.74 Å². The van der Waals surface area contributed by atoms with Gasteiger partial charge in [0, 0.05) is 0 Å². The van der Waals surface area contributed by atoms with E-state index in [0.717, 1.165) is 12.8 Å². The van der Waals surface area contributed by atoms with E-state index in [9.17, 15) is 14.4 Å². The summed E-state index contributed by atoms with van der Waals surface area (Å²) >= 11 is 0. The number of para-hydroxylation sites is 2. The summed E-state index contributed by atoms with van der Waals surface area (Å²) in [6.07, 6.45) is 6.43. The van der Waals surface area contributed by atoms with Crippen molar-refractivity contribution in [2.24, 2.45) is 23.7 Å². The molecule has 0 aromatic heterocycles. The van der Waals surface area contributed by atoms with E-state index in [1.54, 1.807) is 18.2 Å². The van der Waals surface area contributed by atoms with Crippen molar-refractivity contribution in [3.63, 3.8) is 0 Å². The SMILES string of the molecule is CC[C@H](C(=O)Nc1ccccc1OC)N1C(=O)[C@@H]2[C@@H](C1=O)[C@H]1C=C[C@H]2CC1. The van der Waals surface area contributed by atoms with Crippen LogP contribution in [0.2, 0.25) is 0 Å². The molecule has 2 bridgehead atoms. The van der Waals surface area contributed by atoms with Gasteiger partial charge in [-0.25, -0.2) is 0 Å². The van der Waals surface area contributed by atoms with Crippen molar-refractivity contribution in [1.29, 1.82) is 0 Å². The highest BCUT2D eigenvalue weighted by Gasteiger charge is 2.58. The first-order valence-corrected chi connectivity index (χ1v) is 9.56. The summed E-state index contributed by atoms with van der Waals surface area (Å²) in [7, 11) is 1.53. The van der Waals surface area contributed by atoms with Crippen molar-refractivity contribution in [3.05, 3.63) is 36.4 Å². The Kier molecular flexibility index (Phi) is 4.50. The normalized spacial score (nSPS) is 29.6. The predicted octanol–water partition coefficient (Wildman–Crippen LogP) is 2.61. The minimum atomic E-state index is -0.806. The van der Waals surface area contributed by atoms with Crippen molar-refractivity contribution in [2.45, 2.75) is 32.2 Å². The second-order valence-corrected chi connectivity index (χ2v) is 7.50. The number of ether oxygens (including phenoxy) is 1. The van der Waals surface area contributed by atoms with Gasteiger partial charge in [0.1, 0.15) is 11.8 Å². The quantitative estimate of drug-likeness (QED) is 0.640. The van der Waals surface area contributed by atoms with Gasteiger partial charge in [0.15, 0.2) is 0 Å². The van der Waals surface area contributed by atoms with Crippen molar-refractivity contribution >= 4 is 23.4 Å². The van der Waals surface area contributed by atoms with Gasteiger partial charge in [-0.2, -0.15) is 0 Å². The fraction of sp³-hybridized carbons (Fsp3) is 0.476. The lowest BCUT2D eigenvalue weighted by Gasteiger charge is -2.38. The standard InChI is InChI=1S/C21H24N2O4/c1-3-15(19(24)22-14-6-4-5-7-16(14)27-2)23-20(25)17-12-8-9-13(11-10-12)18(17)21(23)26/h4-9,12-13,15,17-18H,3,10-11H2,1-2H3,(H,22,24)/t12-,13-,15+,17-,18-/m0/s1. The molecule has 0 unspecified atom stereocenters. The molecule has 27 heavy (non-hydrogen) atoms. The molecule has 1 aromatic carbocycles. The predicted molar refractivity (Wildman–Crippen MR) is 99.9 cm³/mol. The molecule has 1 aromatic rings. The molecule has 1 saturated heterocycles. The first-order valence-electron chi connectivity index (χ1n) is 9.56. The van der Waals surface area contributed by atoms with Gasteiger partial charge in [0.25, 0.3) is 0 Å². The fourth-order valence-corrected chi connectivity index (χ4v) is 4.85. The lowest BCUT2D eigenvalue weighted by molar-refractivity contribution is -0.146. The van der Waals surface area contributed by atoms with E-state index >= 15 is 0 Å². The fourth-order valence-electron chi connectivity index (χ4n) is 4.85. The number of hydrogen-bond acceptors (Lipinski definition) is 4. The van der Waals surface area contributed by atoms with Crippen LogP contribution >= 0.6 is 0 Å². The van der Waals surface area contributed by atoms with Crippen LogP contribution in [0.4, 0.5) is 5.69 Å². The Labute approximate surface area is 158 Å². The summed E-state index contributed by atoms with van der Waals surface area (Å²) in [5, 5.41) is 2.82. The number of imide groups is 1. The molecule has 1 saturated carbocycles. The number of anilines is 1. The van der Waals surface area contributed by atoms with Crippen molar-refractivity contribution in [3.8, 4) is 5.75 Å². The average molecular weight is 368 g/mol. The Balaban J connectivity index is 1.58. The van der Waals surface area contributed by atoms with Crippen molar-refractivity contribution in [1.82, 2.24) is 4.90 Å². The van der Waals surface area contributed by atoms with Gasteiger partial charge in [0.2, 0.25) is 17.7 Å². The highest BCUT2D eigenvalue weighted by molar-refractivity contribution is 6.10. The van der Waals surface area contributed by atoms with Crippen LogP contribution in [0.15, 0.2) is 36.4 Å². The largest absolute Gasteiger partial charge is 0.495 e. The Morgan fingerprint density at radius 3 is 2.26 bits per heavy atom. The summed E-state index contributed by atoms with van der Waals surface area (Å²) in [6.45, 7) is 1.82. The molecule has 1 heterocycles. The lowest BCUT2D eigenvalue weighted by atomic mass is 9.63. The number of hydrogen-bond donors (Lipinski definition) is 1. The van der Waals surface area contributed by atoms with Crippen LogP contribution in [0.3, 0.4) is 0 Å². The molecule has 1 aliphatic heterocycles. The summed E-state index contributed by atoms with van der Waals surface area (Å²) in [6, 6.07) is 6.29. The number of carbonyl (C=O) groups excluding carboxylic acids is 3. The molecule has 6 heteroatoms. The molecular weight excluding hydrogens is 344 g/mol. The number of nitrogens with zero attached hydrogens (tertiary/aromatic N) is 1. The average Bonchev–Trinajstić information content (AvgIpc) is 2.97. The van der Waals surface area contributed by atoms with E-state index in [1.165, 1.54) is 12.0 Å². The molecule has 4 aliphatic rings. The van der Waals surface area contributed by atoms with Gasteiger partial charge in [-0.15, -0.1) is 0 Å². The topological polar surface area (TPSA) is 75.7 Å². The summed E-state index contributed by atoms with van der Waals surface area (Å²) < 4.78 is 5.27. The zero-order valence-corrected chi connectivity index (χ0v) is 15.6. The molecule has 1 N–H and O–H groups in total. The monoisotopic (exact) mass is 368 g/mol. The van der Waals surface area contributed by atoms with Gasteiger partial charge in [-0.05, 0) is 43.2 Å². The Hall–Kier alpha value is -2.63. The van der Waals surface area contributed by atoms with Crippen LogP contribution < -0.4 is 10.1 Å². The van der Waals surface area contributed by atoms with Crippen LogP contribution in [-0.2, 0) is 14.4 Å². The molecule has 5 rings (SSSR count). The number of methoxy groups -OCH3 is 1. The van der Waals surface area contributed by atoms with Crippen LogP contribution in [-0.4, -0.2) is 35.8 Å². The number of allylic oxidation sites excluding steroid dienone is 2. The van der Waals surface area contributed by atoms with E-state index in [2.05, 4.69) is 17.5 Å². The molecule has 3 aliphatic carbocycles. The first-order chi connectivity index (χ1) is 13.1. The zero-order valence-electron chi connectivity index (χ0n) is 15.6. The van der Waals surface area contributed by atoms with Crippen LogP contribution in [0, 0.1) is 23.7 Å². The minimum Gasteiger partial charge on any atom is -0.495 e. The summed E-state index contributed by atoms with van der Waals surface area (Å²) in [4.78, 5) is 40.4. The molecule has 6 nitrogen and oxygen atoms in total. The molecule has 142 valence electrons. The molecule has 0 spiro atoms. The number of likely N-dealkylation sites (tertiary alicyclic amines) is 1. The Morgan fingerprint density at radius 1 is 1.15 bits per heavy atom. The van der Waals surface area contributed by atoms with E-state index in [0.29, 0.717) is 17.9 Å². The lowest BCUT2D eigenvalue weighted by Crippen LogP contribution is -2.47. The third kappa shape index (κ3) is 2.74. The summed E-state index contributed by atoms with van der Waals surface area (Å²) in [5.41, 5.74) is 0.529. The first kappa shape index (κ1) is 17.8. The molecular formula is C21H24N2O4. The maximum atomic E-state index is 13.1. The van der Waals surface area contributed by atoms with Gasteiger partial charge in [0.05, 0.1) is 24.6 Å². The second kappa shape index (κ2) is 6.83. The van der Waals surface area contributed by atoms with E-state index in [1.807, 2.05) is 13.0 Å². The Morgan fingerprint density at radius 2 is 1.74 bits per heavy atom. The third-order valence-electron chi connectivity index (χ3n) is 6.16. The van der Waals surface area contributed by atoms with Crippen LogP contribution in [0.1, 0.15) is 26.2 Å². The highest BCUT2D eigenvalue weighted by atomic mass is 16.5. The van der Waals surface area contributed by atoms with Crippen molar-refractivity contribution < 1.29 is 19.1 Å². The number of amides is 3. The Bertz CT molecular complexity index is 786. The number of fused-ring (bicyclic) bond motifs is 1. The maximum absolute atomic E-state index is 13.1. The number of benzene rings is 1. The third-order valence-corrected chi connectivity index (χ3v) is 6.16. The van der Waals surface area contributed by atoms with Crippen molar-refractivity contribution in [2.75, 3.05) is 12.4 Å². The van der Waals surface area contributed by atoms with Gasteiger partial charge in [-0.1, -0.05) is 31.2 Å². The molecule has 2 fully saturated rings.